The molecule has 5 heteroatoms. The second-order valence-electron chi connectivity index (χ2n) is 4.44. The maximum Gasteiger partial charge on any atom is 0.307 e. The van der Waals surface area contributed by atoms with Crippen molar-refractivity contribution in [2.45, 2.75) is 25.4 Å². The van der Waals surface area contributed by atoms with Crippen LogP contribution in [0, 0.1) is 17.8 Å². The molecule has 0 aromatic carbocycles. The summed E-state index contributed by atoms with van der Waals surface area (Å²) in [6.07, 6.45) is 2.02. The van der Waals surface area contributed by atoms with Crippen LogP contribution >= 0.6 is 0 Å². The molecule has 3 atom stereocenters. The number of carbonyl (C=O) groups is 2. The number of hydrogen-bond acceptors (Lipinski definition) is 3. The van der Waals surface area contributed by atoms with E-state index in [0.717, 1.165) is 12.8 Å². The molecule has 15 heavy (non-hydrogen) atoms. The maximum atomic E-state index is 11.4. The Labute approximate surface area is 87.5 Å². The molecule has 84 valence electrons. The average molecular weight is 213 g/mol. The van der Waals surface area contributed by atoms with Crippen LogP contribution in [-0.2, 0) is 9.59 Å². The molecule has 5 nitrogen and oxygen atoms in total. The third-order valence-corrected chi connectivity index (χ3v) is 3.10. The molecule has 3 N–H and O–H groups in total. The van der Waals surface area contributed by atoms with E-state index in [4.69, 9.17) is 5.11 Å². The fourth-order valence-electron chi connectivity index (χ4n) is 1.74. The zero-order chi connectivity index (χ0) is 11.0. The van der Waals surface area contributed by atoms with Crippen LogP contribution in [0.1, 0.15) is 19.3 Å². The molecule has 0 spiro atoms. The van der Waals surface area contributed by atoms with E-state index < -0.39 is 18.0 Å². The lowest BCUT2D eigenvalue weighted by Gasteiger charge is -2.10. The molecular formula is C10H15NO4. The highest BCUT2D eigenvalue weighted by Crippen LogP contribution is 2.38. The second kappa shape index (κ2) is 3.81. The van der Waals surface area contributed by atoms with Gasteiger partial charge in [-0.25, -0.2) is 0 Å². The second-order valence-corrected chi connectivity index (χ2v) is 4.44. The first-order valence-corrected chi connectivity index (χ1v) is 5.28. The third kappa shape index (κ3) is 2.47. The van der Waals surface area contributed by atoms with Crippen molar-refractivity contribution in [2.75, 3.05) is 6.54 Å². The van der Waals surface area contributed by atoms with Crippen molar-refractivity contribution in [3.05, 3.63) is 0 Å². The summed E-state index contributed by atoms with van der Waals surface area (Å²) in [5.41, 5.74) is 0. The minimum Gasteiger partial charge on any atom is -0.481 e. The summed E-state index contributed by atoms with van der Waals surface area (Å²) >= 11 is 0. The van der Waals surface area contributed by atoms with Crippen molar-refractivity contribution in [1.82, 2.24) is 5.32 Å². The van der Waals surface area contributed by atoms with Gasteiger partial charge in [0.1, 0.15) is 0 Å². The van der Waals surface area contributed by atoms with Crippen LogP contribution in [0.15, 0.2) is 0 Å². The number of hydrogen-bond donors (Lipinski definition) is 3. The Balaban J connectivity index is 1.67. The van der Waals surface area contributed by atoms with Crippen LogP contribution in [0.5, 0.6) is 0 Å². The van der Waals surface area contributed by atoms with Gasteiger partial charge in [0.15, 0.2) is 0 Å². The smallest absolute Gasteiger partial charge is 0.307 e. The molecule has 1 unspecified atom stereocenters. The van der Waals surface area contributed by atoms with Crippen LogP contribution in [0.2, 0.25) is 0 Å². The number of carboxylic acid groups (broad SMARTS) is 1. The SMILES string of the molecule is O=C(O)[C@H]1C[C@H]1C(=O)NCC(O)C1CC1. The standard InChI is InChI=1S/C10H15NO4/c12-8(5-1-2-5)4-11-9(13)6-3-7(6)10(14)15/h5-8,12H,1-4H2,(H,11,13)(H,14,15)/t6-,7+,8?/m1/s1. The monoisotopic (exact) mass is 213 g/mol. The average Bonchev–Trinajstić information content (AvgIpc) is 3.05. The highest BCUT2D eigenvalue weighted by Gasteiger charge is 2.48. The van der Waals surface area contributed by atoms with Crippen molar-refractivity contribution >= 4 is 11.9 Å². The molecule has 1 amide bonds. The van der Waals surface area contributed by atoms with Crippen LogP contribution in [0.3, 0.4) is 0 Å². The number of amides is 1. The maximum absolute atomic E-state index is 11.4. The summed E-state index contributed by atoms with van der Waals surface area (Å²) in [4.78, 5) is 21.9. The molecule has 2 saturated carbocycles. The number of rotatable bonds is 5. The van der Waals surface area contributed by atoms with Gasteiger partial charge in [-0.3, -0.25) is 9.59 Å². The highest BCUT2D eigenvalue weighted by atomic mass is 16.4. The van der Waals surface area contributed by atoms with Gasteiger partial charge >= 0.3 is 5.97 Å². The molecule has 0 aromatic rings. The molecule has 2 fully saturated rings. The summed E-state index contributed by atoms with van der Waals surface area (Å²) in [5.74, 6) is -1.70. The number of aliphatic hydroxyl groups excluding tert-OH is 1. The zero-order valence-corrected chi connectivity index (χ0v) is 8.35. The molecule has 0 saturated heterocycles. The molecule has 0 radical (unpaired) electrons. The van der Waals surface area contributed by atoms with E-state index in [0.29, 0.717) is 12.3 Å². The molecule has 0 aliphatic heterocycles. The Morgan fingerprint density at radius 3 is 2.47 bits per heavy atom. The summed E-state index contributed by atoms with van der Waals surface area (Å²) in [6.45, 7) is 0.256. The van der Waals surface area contributed by atoms with Gasteiger partial charge in [-0.05, 0) is 25.2 Å². The lowest BCUT2D eigenvalue weighted by molar-refractivity contribution is -0.140. The lowest BCUT2D eigenvalue weighted by atomic mass is 10.2. The first kappa shape index (κ1) is 10.4. The Morgan fingerprint density at radius 2 is 2.00 bits per heavy atom. The Bertz CT molecular complexity index is 287. The minimum atomic E-state index is -0.905. The predicted molar refractivity (Wildman–Crippen MR) is 51.0 cm³/mol. The van der Waals surface area contributed by atoms with E-state index in [1.54, 1.807) is 0 Å². The number of carboxylic acids is 1. The molecule has 0 bridgehead atoms. The van der Waals surface area contributed by atoms with E-state index in [1.165, 1.54) is 0 Å². The van der Waals surface area contributed by atoms with Gasteiger partial charge in [0.25, 0.3) is 0 Å². The van der Waals surface area contributed by atoms with Gasteiger partial charge in [-0.2, -0.15) is 0 Å². The summed E-state index contributed by atoms with van der Waals surface area (Å²) < 4.78 is 0. The van der Waals surface area contributed by atoms with Crippen LogP contribution in [0.4, 0.5) is 0 Å². The van der Waals surface area contributed by atoms with Gasteiger partial charge in [0, 0.05) is 6.54 Å². The van der Waals surface area contributed by atoms with Crippen LogP contribution < -0.4 is 5.32 Å². The Hall–Kier alpha value is -1.10. The van der Waals surface area contributed by atoms with Crippen molar-refractivity contribution < 1.29 is 19.8 Å². The normalized spacial score (nSPS) is 30.7. The first-order valence-electron chi connectivity index (χ1n) is 5.28. The minimum absolute atomic E-state index is 0.234. The van der Waals surface area contributed by atoms with Gasteiger partial charge in [-0.1, -0.05) is 0 Å². The summed E-state index contributed by atoms with van der Waals surface area (Å²) in [5, 5.41) is 20.7. The van der Waals surface area contributed by atoms with Crippen molar-refractivity contribution in [3.63, 3.8) is 0 Å². The molecule has 2 aliphatic rings. The van der Waals surface area contributed by atoms with E-state index in [9.17, 15) is 14.7 Å². The summed E-state index contributed by atoms with van der Waals surface area (Å²) in [7, 11) is 0. The van der Waals surface area contributed by atoms with E-state index >= 15 is 0 Å². The van der Waals surface area contributed by atoms with E-state index in [1.807, 2.05) is 0 Å². The van der Waals surface area contributed by atoms with E-state index in [2.05, 4.69) is 5.32 Å². The van der Waals surface area contributed by atoms with Crippen molar-refractivity contribution in [1.29, 1.82) is 0 Å². The van der Waals surface area contributed by atoms with Crippen LogP contribution in [0.25, 0.3) is 0 Å². The molecule has 2 rings (SSSR count). The predicted octanol–water partition coefficient (Wildman–Crippen LogP) is -0.406. The Kier molecular flexibility index (Phi) is 2.65. The first-order chi connectivity index (χ1) is 7.09. The Morgan fingerprint density at radius 1 is 1.33 bits per heavy atom. The van der Waals surface area contributed by atoms with Crippen molar-refractivity contribution in [3.8, 4) is 0 Å². The third-order valence-electron chi connectivity index (χ3n) is 3.10. The number of aliphatic hydroxyl groups is 1. The van der Waals surface area contributed by atoms with E-state index in [-0.39, 0.29) is 18.4 Å². The van der Waals surface area contributed by atoms with Crippen molar-refractivity contribution in [2.24, 2.45) is 17.8 Å². The quantitative estimate of drug-likeness (QED) is 0.579. The van der Waals surface area contributed by atoms with Crippen LogP contribution in [-0.4, -0.2) is 34.7 Å². The largest absolute Gasteiger partial charge is 0.481 e. The fraction of sp³-hybridized carbons (Fsp3) is 0.800. The van der Waals surface area contributed by atoms with Gasteiger partial charge in [0.05, 0.1) is 17.9 Å². The number of nitrogens with one attached hydrogen (secondary N) is 1. The molecular weight excluding hydrogens is 198 g/mol. The highest BCUT2D eigenvalue weighted by molar-refractivity contribution is 5.89. The fourth-order valence-corrected chi connectivity index (χ4v) is 1.74. The number of carbonyl (C=O) groups excluding carboxylic acids is 1. The molecule has 0 heterocycles. The topological polar surface area (TPSA) is 86.6 Å². The molecule has 2 aliphatic carbocycles. The van der Waals surface area contributed by atoms with Gasteiger partial charge < -0.3 is 15.5 Å². The summed E-state index contributed by atoms with van der Waals surface area (Å²) in [6, 6.07) is 0. The van der Waals surface area contributed by atoms with Gasteiger partial charge in [0.2, 0.25) is 5.91 Å². The van der Waals surface area contributed by atoms with Gasteiger partial charge in [-0.15, -0.1) is 0 Å². The number of aliphatic carboxylic acids is 1. The lowest BCUT2D eigenvalue weighted by Crippen LogP contribution is -2.34. The molecule has 0 aromatic heterocycles. The zero-order valence-electron chi connectivity index (χ0n) is 8.35.